The van der Waals surface area contributed by atoms with Gasteiger partial charge in [0, 0.05) is 45.0 Å². The van der Waals surface area contributed by atoms with Crippen LogP contribution < -0.4 is 9.80 Å². The van der Waals surface area contributed by atoms with E-state index in [1.807, 2.05) is 0 Å². The van der Waals surface area contributed by atoms with Crippen LogP contribution in [0.1, 0.15) is 55.5 Å². The lowest BCUT2D eigenvalue weighted by atomic mass is 9.79. The lowest BCUT2D eigenvalue weighted by Crippen LogP contribution is -2.18. The third kappa shape index (κ3) is 6.08. The Bertz CT molecular complexity index is 3500. The third-order valence-corrected chi connectivity index (χ3v) is 14.4. The molecule has 312 valence electrons. The van der Waals surface area contributed by atoms with Crippen LogP contribution in [0.25, 0.3) is 54.9 Å². The fourth-order valence-electron chi connectivity index (χ4n) is 11.3. The quantitative estimate of drug-likeness (QED) is 0.148. The van der Waals surface area contributed by atoms with Crippen molar-refractivity contribution in [2.45, 2.75) is 45.4 Å². The first kappa shape index (κ1) is 39.0. The average Bonchev–Trinajstić information content (AvgIpc) is 3.72. The van der Waals surface area contributed by atoms with Crippen LogP contribution in [0.5, 0.6) is 0 Å². The first-order chi connectivity index (χ1) is 31.7. The molecule has 0 unspecified atom stereocenters. The van der Waals surface area contributed by atoms with Crippen molar-refractivity contribution in [3.63, 3.8) is 0 Å². The maximum Gasteiger partial charge on any atom is 0.0482 e. The van der Waals surface area contributed by atoms with Gasteiger partial charge < -0.3 is 9.80 Å². The number of rotatable bonds is 7. The lowest BCUT2D eigenvalue weighted by molar-refractivity contribution is 0.660. The van der Waals surface area contributed by atoms with E-state index in [1.54, 1.807) is 0 Å². The Morgan fingerprint density at radius 1 is 0.308 bits per heavy atom. The van der Waals surface area contributed by atoms with Crippen molar-refractivity contribution in [3.8, 4) is 33.4 Å². The Hall–Kier alpha value is -7.68. The monoisotopic (exact) mass is 834 g/mol. The Labute approximate surface area is 382 Å². The molecule has 0 heterocycles. The van der Waals surface area contributed by atoms with E-state index in [0.29, 0.717) is 0 Å². The van der Waals surface area contributed by atoms with Gasteiger partial charge >= 0.3 is 0 Å². The molecule has 2 nitrogen and oxygen atoms in total. The molecule has 0 bridgehead atoms. The van der Waals surface area contributed by atoms with E-state index in [9.17, 15) is 0 Å². The van der Waals surface area contributed by atoms with Crippen LogP contribution >= 0.6 is 0 Å². The largest absolute Gasteiger partial charge is 0.310 e. The summed E-state index contributed by atoms with van der Waals surface area (Å²) in [6, 6.07) is 78.8. The predicted molar refractivity (Wildman–Crippen MR) is 276 cm³/mol. The molecule has 10 aromatic rings. The molecule has 0 spiro atoms. The van der Waals surface area contributed by atoms with Crippen LogP contribution in [0.15, 0.2) is 212 Å². The van der Waals surface area contributed by atoms with Gasteiger partial charge in [0.2, 0.25) is 0 Å². The van der Waals surface area contributed by atoms with Crippen molar-refractivity contribution in [2.75, 3.05) is 9.80 Å². The van der Waals surface area contributed by atoms with E-state index in [-0.39, 0.29) is 10.8 Å². The molecule has 0 saturated heterocycles. The van der Waals surface area contributed by atoms with Crippen LogP contribution in [-0.2, 0) is 10.8 Å². The topological polar surface area (TPSA) is 6.48 Å². The molecule has 0 amide bonds. The Morgan fingerprint density at radius 3 is 1.48 bits per heavy atom. The van der Waals surface area contributed by atoms with E-state index in [2.05, 4.69) is 257 Å². The van der Waals surface area contributed by atoms with Gasteiger partial charge in [-0.1, -0.05) is 173 Å². The van der Waals surface area contributed by atoms with Gasteiger partial charge in [0.15, 0.2) is 0 Å². The van der Waals surface area contributed by atoms with E-state index in [0.717, 1.165) is 34.1 Å². The van der Waals surface area contributed by atoms with Gasteiger partial charge in [0.25, 0.3) is 0 Å². The van der Waals surface area contributed by atoms with Gasteiger partial charge in [-0.15, -0.1) is 0 Å². The highest BCUT2D eigenvalue weighted by molar-refractivity contribution is 6.18. The smallest absolute Gasteiger partial charge is 0.0482 e. The summed E-state index contributed by atoms with van der Waals surface area (Å²) in [5.74, 6) is 0. The van der Waals surface area contributed by atoms with Gasteiger partial charge in [-0.3, -0.25) is 0 Å². The highest BCUT2D eigenvalue weighted by atomic mass is 15.2. The van der Waals surface area contributed by atoms with Crippen molar-refractivity contribution in [1.82, 2.24) is 0 Å². The van der Waals surface area contributed by atoms with Gasteiger partial charge in [0.05, 0.1) is 0 Å². The van der Waals surface area contributed by atoms with Crippen molar-refractivity contribution < 1.29 is 0 Å². The molecular formula is C63H50N2. The van der Waals surface area contributed by atoms with Crippen LogP contribution in [0.3, 0.4) is 0 Å². The fraction of sp³-hybridized carbons (Fsp3) is 0.111. The summed E-state index contributed by atoms with van der Waals surface area (Å²) in [6.07, 6.45) is 0. The van der Waals surface area contributed by atoms with Gasteiger partial charge in [-0.2, -0.15) is 0 Å². The van der Waals surface area contributed by atoms with Crippen LogP contribution in [0.2, 0.25) is 0 Å². The second kappa shape index (κ2) is 14.7. The number of benzene rings is 10. The molecule has 2 heteroatoms. The molecule has 0 N–H and O–H groups in total. The molecule has 2 aliphatic carbocycles. The first-order valence-corrected chi connectivity index (χ1v) is 22.9. The molecule has 10 aromatic carbocycles. The molecule has 0 fully saturated rings. The molecule has 0 saturated carbocycles. The van der Waals surface area contributed by atoms with Gasteiger partial charge in [-0.25, -0.2) is 0 Å². The predicted octanol–water partition coefficient (Wildman–Crippen LogP) is 17.5. The minimum atomic E-state index is -0.238. The summed E-state index contributed by atoms with van der Waals surface area (Å²) in [5, 5.41) is 5.27. The molecule has 0 radical (unpaired) electrons. The maximum atomic E-state index is 2.47. The Balaban J connectivity index is 1.04. The number of aryl methyl sites for hydroxylation is 1. The zero-order valence-electron chi connectivity index (χ0n) is 37.6. The normalized spacial score (nSPS) is 13.9. The fourth-order valence-corrected chi connectivity index (χ4v) is 11.3. The Morgan fingerprint density at radius 2 is 0.785 bits per heavy atom. The van der Waals surface area contributed by atoms with Crippen molar-refractivity contribution in [1.29, 1.82) is 0 Å². The van der Waals surface area contributed by atoms with E-state index >= 15 is 0 Å². The van der Waals surface area contributed by atoms with Crippen molar-refractivity contribution >= 4 is 55.7 Å². The highest BCUT2D eigenvalue weighted by Gasteiger charge is 2.39. The minimum Gasteiger partial charge on any atom is -0.310 e. The van der Waals surface area contributed by atoms with Crippen LogP contribution in [-0.4, -0.2) is 0 Å². The zero-order chi connectivity index (χ0) is 44.0. The second-order valence-electron chi connectivity index (χ2n) is 19.0. The number of anilines is 6. The SMILES string of the molecule is Cc1cccc(N(c2cccc(N(c3ccc(-c4ccccc4)cc3)c3ccc4c(c3)C(C)(C)c3c-4c4ccccc4c4ccccc34)c2)c2ccc3c(c2)C(C)(C)c2ccccc2-3)c1. The average molecular weight is 835 g/mol. The summed E-state index contributed by atoms with van der Waals surface area (Å²) >= 11 is 0. The third-order valence-electron chi connectivity index (χ3n) is 14.4. The number of fused-ring (bicyclic) bond motifs is 11. The zero-order valence-corrected chi connectivity index (χ0v) is 37.6. The molecule has 0 atom stereocenters. The summed E-state index contributed by atoms with van der Waals surface area (Å²) in [6.45, 7) is 11.7. The maximum absolute atomic E-state index is 2.47. The Kier molecular flexibility index (Phi) is 8.80. The van der Waals surface area contributed by atoms with E-state index in [4.69, 9.17) is 0 Å². The molecular weight excluding hydrogens is 785 g/mol. The molecule has 2 aliphatic rings. The van der Waals surface area contributed by atoms with Crippen molar-refractivity contribution in [2.24, 2.45) is 0 Å². The van der Waals surface area contributed by atoms with E-state index in [1.165, 1.54) is 82.7 Å². The molecule has 65 heavy (non-hydrogen) atoms. The second-order valence-corrected chi connectivity index (χ2v) is 19.0. The number of nitrogens with zero attached hydrogens (tertiary/aromatic N) is 2. The number of hydrogen-bond acceptors (Lipinski definition) is 2. The van der Waals surface area contributed by atoms with Gasteiger partial charge in [0.1, 0.15) is 0 Å². The first-order valence-electron chi connectivity index (χ1n) is 22.9. The minimum absolute atomic E-state index is 0.121. The van der Waals surface area contributed by atoms with Gasteiger partial charge in [-0.05, 0) is 156 Å². The molecule has 12 rings (SSSR count). The highest BCUT2D eigenvalue weighted by Crippen LogP contribution is 2.56. The molecule has 0 aromatic heterocycles. The summed E-state index contributed by atoms with van der Waals surface area (Å²) in [5.41, 5.74) is 20.8. The molecule has 0 aliphatic heterocycles. The van der Waals surface area contributed by atoms with Crippen LogP contribution in [0, 0.1) is 6.92 Å². The number of hydrogen-bond donors (Lipinski definition) is 0. The lowest BCUT2D eigenvalue weighted by Gasteiger charge is -2.31. The summed E-state index contributed by atoms with van der Waals surface area (Å²) in [4.78, 5) is 4.88. The van der Waals surface area contributed by atoms with Crippen molar-refractivity contribution in [3.05, 3.63) is 240 Å². The summed E-state index contributed by atoms with van der Waals surface area (Å²) < 4.78 is 0. The van der Waals surface area contributed by atoms with Crippen LogP contribution in [0.4, 0.5) is 34.1 Å². The standard InChI is InChI=1S/C63H50N2/c1-41-17-15-20-45(37-41)65(49-33-35-53-52-25-13-14-28-57(52)62(2,3)58(53)39-49)47-22-16-21-46(38-47)64(44-31-29-43(30-32-44)42-18-7-6-8-19-42)48-34-36-56-59(40-48)63(4,5)61-55-27-12-10-24-51(55)50-23-9-11-26-54(50)60(56)61/h6-40H,1-5H3. The summed E-state index contributed by atoms with van der Waals surface area (Å²) in [7, 11) is 0. The van der Waals surface area contributed by atoms with E-state index < -0.39 is 0 Å².